The molecule has 0 fully saturated rings. The van der Waals surface area contributed by atoms with Crippen LogP contribution in [0.3, 0.4) is 0 Å². The number of rotatable bonds is 2. The summed E-state index contributed by atoms with van der Waals surface area (Å²) < 4.78 is 1.58. The molecule has 0 aromatic carbocycles. The van der Waals surface area contributed by atoms with Crippen LogP contribution < -0.4 is 0 Å². The van der Waals surface area contributed by atoms with Crippen LogP contribution in [0.25, 0.3) is 11.3 Å². The van der Waals surface area contributed by atoms with Crippen LogP contribution in [0.15, 0.2) is 24.5 Å². The lowest BCUT2D eigenvalue weighted by atomic mass is 10.1. The lowest BCUT2D eigenvalue weighted by Crippen LogP contribution is -1.99. The summed E-state index contributed by atoms with van der Waals surface area (Å²) in [5.74, 6) is -1.09. The average molecular weight is 228 g/mol. The lowest BCUT2D eigenvalue weighted by molar-refractivity contribution is 0.0696. The van der Waals surface area contributed by atoms with E-state index in [0.29, 0.717) is 11.3 Å². The van der Waals surface area contributed by atoms with Crippen LogP contribution in [-0.2, 0) is 7.05 Å². The Balaban J connectivity index is 2.58. The molecule has 0 aliphatic heterocycles. The molecule has 2 rings (SSSR count). The predicted octanol–water partition coefficient (Wildman–Crippen LogP) is 1.05. The van der Waals surface area contributed by atoms with Gasteiger partial charge in [-0.3, -0.25) is 4.68 Å². The van der Waals surface area contributed by atoms with Crippen LogP contribution in [-0.4, -0.2) is 25.8 Å². The molecular weight excluding hydrogens is 220 g/mol. The van der Waals surface area contributed by atoms with E-state index >= 15 is 0 Å². The number of aromatic nitrogens is 3. The Labute approximate surface area is 96.8 Å². The first-order chi connectivity index (χ1) is 8.10. The molecule has 0 saturated carbocycles. The van der Waals surface area contributed by atoms with Gasteiger partial charge in [0, 0.05) is 18.8 Å². The second kappa shape index (κ2) is 4.06. The number of pyridine rings is 1. The summed E-state index contributed by atoms with van der Waals surface area (Å²) in [7, 11) is 1.75. The molecule has 6 nitrogen and oxygen atoms in total. The minimum Gasteiger partial charge on any atom is -0.478 e. The van der Waals surface area contributed by atoms with Crippen LogP contribution in [0.2, 0.25) is 0 Å². The van der Waals surface area contributed by atoms with Crippen LogP contribution >= 0.6 is 0 Å². The monoisotopic (exact) mass is 228 g/mol. The standard InChI is InChI=1S/C11H8N4O2/c1-15-6-8(5-13-15)10-3-7(11(16)17)2-9(4-12)14-10/h2-3,5-6H,1H3,(H,16,17). The SMILES string of the molecule is Cn1cc(-c2cc(C(=O)O)cc(C#N)n2)cn1. The maximum atomic E-state index is 10.9. The van der Waals surface area contributed by atoms with Gasteiger partial charge in [-0.1, -0.05) is 0 Å². The van der Waals surface area contributed by atoms with E-state index in [1.54, 1.807) is 24.1 Å². The van der Waals surface area contributed by atoms with Gasteiger partial charge in [0.05, 0.1) is 17.5 Å². The van der Waals surface area contributed by atoms with Gasteiger partial charge in [0.25, 0.3) is 0 Å². The first kappa shape index (κ1) is 10.8. The molecule has 2 heterocycles. The topological polar surface area (TPSA) is 91.8 Å². The predicted molar refractivity (Wildman–Crippen MR) is 58.1 cm³/mol. The highest BCUT2D eigenvalue weighted by Gasteiger charge is 2.10. The zero-order chi connectivity index (χ0) is 12.4. The van der Waals surface area contributed by atoms with Crippen molar-refractivity contribution in [1.29, 1.82) is 5.26 Å². The fourth-order valence-electron chi connectivity index (χ4n) is 1.41. The maximum absolute atomic E-state index is 10.9. The number of nitriles is 1. The Morgan fingerprint density at radius 1 is 1.53 bits per heavy atom. The van der Waals surface area contributed by atoms with E-state index in [-0.39, 0.29) is 11.3 Å². The lowest BCUT2D eigenvalue weighted by Gasteiger charge is -2.00. The Bertz CT molecular complexity index is 625. The third-order valence-electron chi connectivity index (χ3n) is 2.19. The van der Waals surface area contributed by atoms with Crippen molar-refractivity contribution in [3.8, 4) is 17.3 Å². The zero-order valence-corrected chi connectivity index (χ0v) is 8.95. The number of carboxylic acid groups (broad SMARTS) is 1. The molecule has 0 bridgehead atoms. The van der Waals surface area contributed by atoms with Gasteiger partial charge >= 0.3 is 5.97 Å². The third-order valence-corrected chi connectivity index (χ3v) is 2.19. The van der Waals surface area contributed by atoms with E-state index in [1.165, 1.54) is 12.1 Å². The van der Waals surface area contributed by atoms with E-state index in [0.717, 1.165) is 0 Å². The molecule has 0 aliphatic rings. The number of nitrogens with zero attached hydrogens (tertiary/aromatic N) is 4. The van der Waals surface area contributed by atoms with Crippen molar-refractivity contribution < 1.29 is 9.90 Å². The Kier molecular flexibility index (Phi) is 2.58. The van der Waals surface area contributed by atoms with Gasteiger partial charge < -0.3 is 5.11 Å². The highest BCUT2D eigenvalue weighted by Crippen LogP contribution is 2.18. The van der Waals surface area contributed by atoms with Gasteiger partial charge in [-0.15, -0.1) is 0 Å². The highest BCUT2D eigenvalue weighted by atomic mass is 16.4. The van der Waals surface area contributed by atoms with Crippen molar-refractivity contribution in [2.24, 2.45) is 7.05 Å². The van der Waals surface area contributed by atoms with Gasteiger partial charge in [-0.2, -0.15) is 10.4 Å². The Hall–Kier alpha value is -2.68. The zero-order valence-electron chi connectivity index (χ0n) is 8.95. The van der Waals surface area contributed by atoms with Crippen LogP contribution in [0.1, 0.15) is 16.1 Å². The minimum atomic E-state index is -1.09. The summed E-state index contributed by atoms with van der Waals surface area (Å²) in [5.41, 5.74) is 1.21. The van der Waals surface area contributed by atoms with Crippen molar-refractivity contribution in [1.82, 2.24) is 14.8 Å². The highest BCUT2D eigenvalue weighted by molar-refractivity contribution is 5.89. The van der Waals surface area contributed by atoms with Crippen molar-refractivity contribution in [3.63, 3.8) is 0 Å². The number of aromatic carboxylic acids is 1. The summed E-state index contributed by atoms with van der Waals surface area (Å²) >= 11 is 0. The number of hydrogen-bond acceptors (Lipinski definition) is 4. The van der Waals surface area contributed by atoms with Crippen molar-refractivity contribution >= 4 is 5.97 Å². The molecule has 2 aromatic rings. The van der Waals surface area contributed by atoms with Crippen molar-refractivity contribution in [2.45, 2.75) is 0 Å². The molecule has 0 radical (unpaired) electrons. The van der Waals surface area contributed by atoms with E-state index in [4.69, 9.17) is 10.4 Å². The first-order valence-corrected chi connectivity index (χ1v) is 4.74. The van der Waals surface area contributed by atoms with E-state index < -0.39 is 5.97 Å². The van der Waals surface area contributed by atoms with Gasteiger partial charge in [-0.25, -0.2) is 9.78 Å². The van der Waals surface area contributed by atoms with Gasteiger partial charge in [0.15, 0.2) is 0 Å². The molecule has 0 spiro atoms. The molecule has 0 saturated heterocycles. The summed E-state index contributed by atoms with van der Waals surface area (Å²) in [6.45, 7) is 0. The summed E-state index contributed by atoms with van der Waals surface area (Å²) in [5, 5.41) is 21.7. The van der Waals surface area contributed by atoms with Crippen LogP contribution in [0, 0.1) is 11.3 Å². The molecule has 84 valence electrons. The van der Waals surface area contributed by atoms with Gasteiger partial charge in [-0.05, 0) is 12.1 Å². The van der Waals surface area contributed by atoms with Crippen molar-refractivity contribution in [3.05, 3.63) is 35.8 Å². The summed E-state index contributed by atoms with van der Waals surface area (Å²) in [4.78, 5) is 14.9. The normalized spacial score (nSPS) is 9.88. The summed E-state index contributed by atoms with van der Waals surface area (Å²) in [6, 6.07) is 4.49. The number of hydrogen-bond donors (Lipinski definition) is 1. The minimum absolute atomic E-state index is 0.0374. The molecule has 0 unspecified atom stereocenters. The molecular formula is C11H8N4O2. The molecule has 17 heavy (non-hydrogen) atoms. The number of carboxylic acids is 1. The van der Waals surface area contributed by atoms with E-state index in [2.05, 4.69) is 10.1 Å². The molecule has 0 atom stereocenters. The number of aryl methyl sites for hydroxylation is 1. The fraction of sp³-hybridized carbons (Fsp3) is 0.0909. The fourth-order valence-corrected chi connectivity index (χ4v) is 1.41. The smallest absolute Gasteiger partial charge is 0.335 e. The Morgan fingerprint density at radius 2 is 2.29 bits per heavy atom. The largest absolute Gasteiger partial charge is 0.478 e. The maximum Gasteiger partial charge on any atom is 0.335 e. The van der Waals surface area contributed by atoms with Crippen molar-refractivity contribution in [2.75, 3.05) is 0 Å². The second-order valence-electron chi connectivity index (χ2n) is 3.45. The second-order valence-corrected chi connectivity index (χ2v) is 3.45. The molecule has 6 heteroatoms. The molecule has 2 aromatic heterocycles. The van der Waals surface area contributed by atoms with Gasteiger partial charge in [0.2, 0.25) is 0 Å². The van der Waals surface area contributed by atoms with E-state index in [1.807, 2.05) is 6.07 Å². The number of carbonyl (C=O) groups is 1. The van der Waals surface area contributed by atoms with Crippen LogP contribution in [0.4, 0.5) is 0 Å². The van der Waals surface area contributed by atoms with E-state index in [9.17, 15) is 4.79 Å². The molecule has 1 N–H and O–H groups in total. The molecule has 0 amide bonds. The Morgan fingerprint density at radius 3 is 2.82 bits per heavy atom. The average Bonchev–Trinajstić information content (AvgIpc) is 2.75. The third kappa shape index (κ3) is 2.13. The first-order valence-electron chi connectivity index (χ1n) is 4.74. The van der Waals surface area contributed by atoms with Gasteiger partial charge in [0.1, 0.15) is 11.8 Å². The van der Waals surface area contributed by atoms with Crippen LogP contribution in [0.5, 0.6) is 0 Å². The molecule has 0 aliphatic carbocycles. The summed E-state index contributed by atoms with van der Waals surface area (Å²) in [6.07, 6.45) is 3.27. The quantitative estimate of drug-likeness (QED) is 0.829.